The predicted octanol–water partition coefficient (Wildman–Crippen LogP) is 1.94. The summed E-state index contributed by atoms with van der Waals surface area (Å²) < 4.78 is 2.07. The van der Waals surface area contributed by atoms with E-state index in [-0.39, 0.29) is 11.4 Å². The summed E-state index contributed by atoms with van der Waals surface area (Å²) in [6.45, 7) is 9.91. The third-order valence-corrected chi connectivity index (χ3v) is 6.47. The van der Waals surface area contributed by atoms with Crippen molar-refractivity contribution in [2.45, 2.75) is 38.8 Å². The number of likely N-dealkylation sites (tertiary alicyclic amines) is 1. The van der Waals surface area contributed by atoms with Gasteiger partial charge >= 0.3 is 0 Å². The fraction of sp³-hybridized carbons (Fsp3) is 0.667. The maximum absolute atomic E-state index is 13.2. The van der Waals surface area contributed by atoms with Gasteiger partial charge in [-0.15, -0.1) is 0 Å². The van der Waals surface area contributed by atoms with Crippen LogP contribution in [0.3, 0.4) is 0 Å². The van der Waals surface area contributed by atoms with Crippen molar-refractivity contribution in [2.24, 2.45) is 5.92 Å². The molecular formula is C21H32N6O. The summed E-state index contributed by atoms with van der Waals surface area (Å²) in [4.78, 5) is 29.2. The van der Waals surface area contributed by atoms with Crippen LogP contribution in [0.5, 0.6) is 0 Å². The lowest BCUT2D eigenvalue weighted by molar-refractivity contribution is -0.0170. The van der Waals surface area contributed by atoms with E-state index in [2.05, 4.69) is 52.3 Å². The van der Waals surface area contributed by atoms with Gasteiger partial charge in [0.15, 0.2) is 5.65 Å². The van der Waals surface area contributed by atoms with E-state index in [4.69, 9.17) is 0 Å². The number of fused-ring (bicyclic) bond motifs is 1. The van der Waals surface area contributed by atoms with Crippen molar-refractivity contribution in [3.05, 3.63) is 24.2 Å². The van der Waals surface area contributed by atoms with E-state index >= 15 is 0 Å². The first-order chi connectivity index (χ1) is 13.4. The van der Waals surface area contributed by atoms with Crippen molar-refractivity contribution in [1.29, 1.82) is 0 Å². The summed E-state index contributed by atoms with van der Waals surface area (Å²) in [5.74, 6) is 0.607. The Morgan fingerprint density at radius 2 is 1.89 bits per heavy atom. The van der Waals surface area contributed by atoms with E-state index in [1.165, 1.54) is 0 Å². The highest BCUT2D eigenvalue weighted by atomic mass is 16.2. The number of amides is 1. The quantitative estimate of drug-likeness (QED) is 0.809. The molecule has 7 heteroatoms. The number of nitrogens with zero attached hydrogens (tertiary/aromatic N) is 6. The molecule has 0 saturated carbocycles. The molecule has 0 N–H and O–H groups in total. The highest BCUT2D eigenvalue weighted by Crippen LogP contribution is 2.31. The van der Waals surface area contributed by atoms with Crippen molar-refractivity contribution in [3.63, 3.8) is 0 Å². The van der Waals surface area contributed by atoms with E-state index in [1.807, 2.05) is 17.3 Å². The maximum Gasteiger partial charge on any atom is 0.255 e. The number of piperidine rings is 1. The van der Waals surface area contributed by atoms with Gasteiger partial charge in [-0.25, -0.2) is 9.97 Å². The second kappa shape index (κ2) is 7.44. The molecule has 152 valence electrons. The van der Waals surface area contributed by atoms with E-state index in [0.717, 1.165) is 63.3 Å². The van der Waals surface area contributed by atoms with Crippen LogP contribution in [0.4, 0.5) is 0 Å². The second-order valence-corrected chi connectivity index (χ2v) is 9.03. The monoisotopic (exact) mass is 384 g/mol. The van der Waals surface area contributed by atoms with E-state index in [1.54, 1.807) is 6.20 Å². The van der Waals surface area contributed by atoms with Gasteiger partial charge in [0.2, 0.25) is 0 Å². The first kappa shape index (κ1) is 19.3. The molecule has 2 aliphatic rings. The summed E-state index contributed by atoms with van der Waals surface area (Å²) in [5, 5.41) is 0. The van der Waals surface area contributed by atoms with Crippen molar-refractivity contribution in [1.82, 2.24) is 29.2 Å². The Bertz CT molecular complexity index is 852. The Morgan fingerprint density at radius 3 is 2.61 bits per heavy atom. The second-order valence-electron chi connectivity index (χ2n) is 9.03. The summed E-state index contributed by atoms with van der Waals surface area (Å²) in [6.07, 6.45) is 5.78. The summed E-state index contributed by atoms with van der Waals surface area (Å²) in [7, 11) is 4.39. The van der Waals surface area contributed by atoms with Crippen LogP contribution >= 0.6 is 0 Å². The highest BCUT2D eigenvalue weighted by molar-refractivity contribution is 5.96. The van der Waals surface area contributed by atoms with Gasteiger partial charge in [-0.1, -0.05) is 13.8 Å². The molecule has 7 nitrogen and oxygen atoms in total. The molecule has 2 aromatic rings. The van der Waals surface area contributed by atoms with Crippen molar-refractivity contribution < 1.29 is 4.79 Å². The normalized spacial score (nSPS) is 21.1. The van der Waals surface area contributed by atoms with Crippen LogP contribution in [-0.2, 0) is 6.54 Å². The zero-order chi connectivity index (χ0) is 19.9. The molecule has 1 spiro atoms. The minimum Gasteiger partial charge on any atom is -0.335 e. The van der Waals surface area contributed by atoms with E-state index in [9.17, 15) is 4.79 Å². The van der Waals surface area contributed by atoms with Crippen LogP contribution in [0.15, 0.2) is 18.6 Å². The van der Waals surface area contributed by atoms with E-state index < -0.39 is 0 Å². The SMILES string of the molecule is CC(C)Cn1cnc2cc(C(=O)N3CCN(C)C4(CCN(C)CC4)C3)cnc21. The molecule has 0 bridgehead atoms. The van der Waals surface area contributed by atoms with Crippen molar-refractivity contribution >= 4 is 17.1 Å². The molecule has 0 radical (unpaired) electrons. The molecule has 1 amide bonds. The van der Waals surface area contributed by atoms with Gasteiger partial charge in [0, 0.05) is 37.9 Å². The number of aromatic nitrogens is 3. The number of carbonyl (C=O) groups excluding carboxylic acids is 1. The van der Waals surface area contributed by atoms with Crippen LogP contribution < -0.4 is 0 Å². The zero-order valence-electron chi connectivity index (χ0n) is 17.6. The smallest absolute Gasteiger partial charge is 0.255 e. The third-order valence-electron chi connectivity index (χ3n) is 6.47. The Hall–Kier alpha value is -1.99. The molecule has 2 saturated heterocycles. The van der Waals surface area contributed by atoms with Crippen LogP contribution in [0.2, 0.25) is 0 Å². The average molecular weight is 385 g/mol. The first-order valence-electron chi connectivity index (χ1n) is 10.4. The topological polar surface area (TPSA) is 57.5 Å². The largest absolute Gasteiger partial charge is 0.335 e. The number of likely N-dealkylation sites (N-methyl/N-ethyl adjacent to an activating group) is 1. The number of piperazine rings is 1. The lowest BCUT2D eigenvalue weighted by atomic mass is 9.83. The van der Waals surface area contributed by atoms with Crippen LogP contribution in [0.25, 0.3) is 11.2 Å². The molecular weight excluding hydrogens is 352 g/mol. The zero-order valence-corrected chi connectivity index (χ0v) is 17.6. The molecule has 2 fully saturated rings. The third kappa shape index (κ3) is 3.53. The standard InChI is InChI=1S/C21H32N6O/c1-16(2)13-27-15-23-18-11-17(12-22-19(18)27)20(28)26-10-9-25(4)21(14-26)5-7-24(3)8-6-21/h11-12,15-16H,5-10,13-14H2,1-4H3. The van der Waals surface area contributed by atoms with E-state index in [0.29, 0.717) is 11.5 Å². The molecule has 0 aliphatic carbocycles. The molecule has 0 unspecified atom stereocenters. The number of imidazole rings is 1. The van der Waals surface area contributed by atoms with Crippen LogP contribution in [-0.4, -0.2) is 87.5 Å². The lowest BCUT2D eigenvalue weighted by Gasteiger charge is -2.52. The van der Waals surface area contributed by atoms with Gasteiger partial charge in [-0.2, -0.15) is 0 Å². The lowest BCUT2D eigenvalue weighted by Crippen LogP contribution is -2.64. The number of rotatable bonds is 3. The number of hydrogen-bond donors (Lipinski definition) is 0. The Balaban J connectivity index is 1.54. The summed E-state index contributed by atoms with van der Waals surface area (Å²) in [6, 6.07) is 1.90. The minimum atomic E-state index is 0.0826. The Labute approximate surface area is 167 Å². The number of pyridine rings is 1. The molecule has 2 aromatic heterocycles. The molecule has 2 aliphatic heterocycles. The Kier molecular flexibility index (Phi) is 5.14. The highest BCUT2D eigenvalue weighted by Gasteiger charge is 2.42. The van der Waals surface area contributed by atoms with Crippen molar-refractivity contribution in [2.75, 3.05) is 46.8 Å². The van der Waals surface area contributed by atoms with Crippen LogP contribution in [0, 0.1) is 5.92 Å². The summed E-state index contributed by atoms with van der Waals surface area (Å²) >= 11 is 0. The number of carbonyl (C=O) groups is 1. The molecule has 4 heterocycles. The first-order valence-corrected chi connectivity index (χ1v) is 10.4. The average Bonchev–Trinajstić information content (AvgIpc) is 3.07. The Morgan fingerprint density at radius 1 is 1.14 bits per heavy atom. The van der Waals surface area contributed by atoms with Gasteiger partial charge in [0.05, 0.1) is 11.9 Å². The fourth-order valence-electron chi connectivity index (χ4n) is 4.59. The molecule has 0 aromatic carbocycles. The van der Waals surface area contributed by atoms with Gasteiger partial charge < -0.3 is 14.4 Å². The number of hydrogen-bond acceptors (Lipinski definition) is 5. The summed E-state index contributed by atoms with van der Waals surface area (Å²) in [5.41, 5.74) is 2.41. The van der Waals surface area contributed by atoms with Gasteiger partial charge in [0.25, 0.3) is 5.91 Å². The minimum absolute atomic E-state index is 0.0826. The van der Waals surface area contributed by atoms with Gasteiger partial charge in [0.1, 0.15) is 5.52 Å². The fourth-order valence-corrected chi connectivity index (χ4v) is 4.59. The molecule has 28 heavy (non-hydrogen) atoms. The molecule has 4 rings (SSSR count). The molecule has 0 atom stereocenters. The predicted molar refractivity (Wildman–Crippen MR) is 110 cm³/mol. The van der Waals surface area contributed by atoms with Crippen molar-refractivity contribution in [3.8, 4) is 0 Å². The maximum atomic E-state index is 13.2. The van der Waals surface area contributed by atoms with Crippen LogP contribution in [0.1, 0.15) is 37.0 Å². The van der Waals surface area contributed by atoms with Gasteiger partial charge in [-0.05, 0) is 52.0 Å². The van der Waals surface area contributed by atoms with Gasteiger partial charge in [-0.3, -0.25) is 9.69 Å².